The third-order valence-corrected chi connectivity index (χ3v) is 5.58. The molecule has 1 heterocycles. The Balaban J connectivity index is 2.00. The lowest BCUT2D eigenvalue weighted by Crippen LogP contribution is -2.46. The summed E-state index contributed by atoms with van der Waals surface area (Å²) in [5.41, 5.74) is 0.853. The van der Waals surface area contributed by atoms with Crippen molar-refractivity contribution in [2.75, 3.05) is 24.6 Å². The first-order valence-electron chi connectivity index (χ1n) is 6.00. The Bertz CT molecular complexity index is 468. The first-order valence-corrected chi connectivity index (χ1v) is 8.61. The Labute approximate surface area is 116 Å². The molecule has 2 atom stereocenters. The monoisotopic (exact) mass is 335 g/mol. The molecule has 1 saturated heterocycles. The van der Waals surface area contributed by atoms with Crippen molar-refractivity contribution in [2.24, 2.45) is 0 Å². The molecule has 2 rings (SSSR count). The van der Waals surface area contributed by atoms with Crippen LogP contribution in [0, 0.1) is 0 Å². The van der Waals surface area contributed by atoms with Crippen molar-refractivity contribution in [1.29, 1.82) is 0 Å². The summed E-state index contributed by atoms with van der Waals surface area (Å²) >= 11 is 3.57. The number of aliphatic hydroxyl groups is 1. The Hall–Kier alpha value is -0.170. The molecule has 0 aromatic carbocycles. The van der Waals surface area contributed by atoms with E-state index in [9.17, 15) is 13.5 Å². The molecule has 2 aliphatic rings. The predicted octanol–water partition coefficient (Wildman–Crippen LogP) is 1.08. The molecule has 2 unspecified atom stereocenters. The molecule has 102 valence electrons. The van der Waals surface area contributed by atoms with Gasteiger partial charge in [0.15, 0.2) is 9.84 Å². The predicted molar refractivity (Wildman–Crippen MR) is 75.4 cm³/mol. The van der Waals surface area contributed by atoms with E-state index in [0.717, 1.165) is 12.0 Å². The van der Waals surface area contributed by atoms with Crippen molar-refractivity contribution >= 4 is 25.8 Å². The van der Waals surface area contributed by atoms with Crippen LogP contribution in [-0.4, -0.2) is 53.6 Å². The average molecular weight is 336 g/mol. The molecule has 0 amide bonds. The maximum absolute atomic E-state index is 11.3. The zero-order chi connectivity index (χ0) is 13.4. The number of nitrogens with zero attached hydrogens (tertiary/aromatic N) is 1. The second-order valence-corrected chi connectivity index (χ2v) is 9.20. The highest BCUT2D eigenvalue weighted by Crippen LogP contribution is 2.30. The van der Waals surface area contributed by atoms with Crippen molar-refractivity contribution < 1.29 is 13.5 Å². The third kappa shape index (κ3) is 3.44. The molecule has 0 spiro atoms. The van der Waals surface area contributed by atoms with E-state index in [1.54, 1.807) is 0 Å². The highest BCUT2D eigenvalue weighted by atomic mass is 79.9. The van der Waals surface area contributed by atoms with Gasteiger partial charge in [-0.3, -0.25) is 4.90 Å². The molecule has 18 heavy (non-hydrogen) atoms. The van der Waals surface area contributed by atoms with Crippen molar-refractivity contribution in [2.45, 2.75) is 23.9 Å². The smallest absolute Gasteiger partial charge is 0.152 e. The Morgan fingerprint density at radius 3 is 2.56 bits per heavy atom. The molecule has 0 bridgehead atoms. The van der Waals surface area contributed by atoms with Gasteiger partial charge >= 0.3 is 0 Å². The van der Waals surface area contributed by atoms with Gasteiger partial charge in [0.2, 0.25) is 0 Å². The van der Waals surface area contributed by atoms with Gasteiger partial charge in [-0.1, -0.05) is 34.2 Å². The molecule has 0 saturated carbocycles. The number of alkyl halides is 1. The summed E-state index contributed by atoms with van der Waals surface area (Å²) in [7, 11) is -2.90. The summed E-state index contributed by atoms with van der Waals surface area (Å²) in [4.78, 5) is 1.81. The van der Waals surface area contributed by atoms with E-state index in [0.29, 0.717) is 13.1 Å². The number of hydrogen-bond acceptors (Lipinski definition) is 4. The molecule has 0 aromatic heterocycles. The fourth-order valence-corrected chi connectivity index (χ4v) is 3.62. The Kier molecular flexibility index (Phi) is 4.02. The fraction of sp³-hybridized carbons (Fsp3) is 0.667. The normalized spacial score (nSPS) is 34.1. The van der Waals surface area contributed by atoms with E-state index in [-0.39, 0.29) is 15.8 Å². The molecular formula is C12H18BrNO3S. The summed E-state index contributed by atoms with van der Waals surface area (Å²) in [6.07, 6.45) is 6.06. The largest absolute Gasteiger partial charge is 0.374 e. The molecular weight excluding hydrogens is 318 g/mol. The van der Waals surface area contributed by atoms with Crippen LogP contribution in [0.5, 0.6) is 0 Å². The van der Waals surface area contributed by atoms with Crippen molar-refractivity contribution in [1.82, 2.24) is 4.90 Å². The lowest BCUT2D eigenvalue weighted by atomic mass is 9.97. The van der Waals surface area contributed by atoms with Gasteiger partial charge in [-0.05, 0) is 18.9 Å². The number of rotatable bonds is 2. The first kappa shape index (κ1) is 14.2. The van der Waals surface area contributed by atoms with Crippen LogP contribution >= 0.6 is 15.9 Å². The van der Waals surface area contributed by atoms with Crippen LogP contribution in [0.25, 0.3) is 0 Å². The quantitative estimate of drug-likeness (QED) is 0.767. The summed E-state index contributed by atoms with van der Waals surface area (Å²) in [5, 5.41) is 10.2. The number of hydrogen-bond donors (Lipinski definition) is 1. The van der Waals surface area contributed by atoms with Crippen LogP contribution in [0.3, 0.4) is 0 Å². The summed E-state index contributed by atoms with van der Waals surface area (Å²) in [5.74, 6) is 0.272. The van der Waals surface area contributed by atoms with Crippen LogP contribution < -0.4 is 0 Å². The van der Waals surface area contributed by atoms with Crippen LogP contribution in [0.1, 0.15) is 13.3 Å². The molecule has 1 aliphatic carbocycles. The van der Waals surface area contributed by atoms with Gasteiger partial charge in [0.1, 0.15) is 6.23 Å². The first-order chi connectivity index (χ1) is 8.29. The second-order valence-electron chi connectivity index (χ2n) is 5.08. The Morgan fingerprint density at radius 1 is 1.44 bits per heavy atom. The highest BCUT2D eigenvalue weighted by Gasteiger charge is 2.28. The fourth-order valence-electron chi connectivity index (χ4n) is 2.10. The van der Waals surface area contributed by atoms with E-state index >= 15 is 0 Å². The zero-order valence-electron chi connectivity index (χ0n) is 10.3. The highest BCUT2D eigenvalue weighted by molar-refractivity contribution is 9.10. The third-order valence-electron chi connectivity index (χ3n) is 3.38. The van der Waals surface area contributed by atoms with E-state index < -0.39 is 16.1 Å². The van der Waals surface area contributed by atoms with Gasteiger partial charge < -0.3 is 5.11 Å². The standard InChI is InChI=1S/C12H18BrNO3S/c1-12(13)4-2-10(3-5-12)11(15)14-6-8-18(16,17)9-7-14/h2-4,11,15H,5-9H2,1H3. The van der Waals surface area contributed by atoms with Gasteiger partial charge in [-0.2, -0.15) is 0 Å². The van der Waals surface area contributed by atoms with Crippen LogP contribution in [0.2, 0.25) is 0 Å². The molecule has 1 aliphatic heterocycles. The maximum atomic E-state index is 11.3. The minimum Gasteiger partial charge on any atom is -0.374 e. The van der Waals surface area contributed by atoms with E-state index in [2.05, 4.69) is 22.9 Å². The number of aliphatic hydroxyl groups excluding tert-OH is 1. The topological polar surface area (TPSA) is 57.6 Å². The maximum Gasteiger partial charge on any atom is 0.152 e. The number of allylic oxidation sites excluding steroid dienone is 2. The molecule has 0 radical (unpaired) electrons. The minimum atomic E-state index is -2.90. The van der Waals surface area contributed by atoms with Gasteiger partial charge in [0, 0.05) is 17.4 Å². The average Bonchev–Trinajstić information content (AvgIpc) is 2.28. The Morgan fingerprint density at radius 2 is 2.06 bits per heavy atom. The van der Waals surface area contributed by atoms with Crippen molar-refractivity contribution in [3.8, 4) is 0 Å². The van der Waals surface area contributed by atoms with Gasteiger partial charge in [-0.15, -0.1) is 0 Å². The van der Waals surface area contributed by atoms with Gasteiger partial charge in [-0.25, -0.2) is 8.42 Å². The molecule has 1 fully saturated rings. The van der Waals surface area contributed by atoms with Gasteiger partial charge in [0.05, 0.1) is 11.5 Å². The number of sulfone groups is 1. The summed E-state index contributed by atoms with van der Waals surface area (Å²) in [6, 6.07) is 0. The van der Waals surface area contributed by atoms with Crippen molar-refractivity contribution in [3.63, 3.8) is 0 Å². The van der Waals surface area contributed by atoms with E-state index in [4.69, 9.17) is 0 Å². The van der Waals surface area contributed by atoms with E-state index in [1.165, 1.54) is 0 Å². The zero-order valence-corrected chi connectivity index (χ0v) is 12.7. The lowest BCUT2D eigenvalue weighted by molar-refractivity contribution is 0.0415. The van der Waals surface area contributed by atoms with Crippen LogP contribution in [0.15, 0.2) is 23.8 Å². The minimum absolute atomic E-state index is 0.0402. The second kappa shape index (κ2) is 5.07. The molecule has 1 N–H and O–H groups in total. The van der Waals surface area contributed by atoms with Crippen LogP contribution in [-0.2, 0) is 9.84 Å². The van der Waals surface area contributed by atoms with Crippen LogP contribution in [0.4, 0.5) is 0 Å². The summed E-state index contributed by atoms with van der Waals surface area (Å²) < 4.78 is 22.6. The SMILES string of the molecule is CC1(Br)C=CC(C(O)N2CCS(=O)(=O)CC2)=CC1. The van der Waals surface area contributed by atoms with Crippen molar-refractivity contribution in [3.05, 3.63) is 23.8 Å². The van der Waals surface area contributed by atoms with E-state index in [1.807, 2.05) is 23.1 Å². The van der Waals surface area contributed by atoms with Gasteiger partial charge in [0.25, 0.3) is 0 Å². The lowest BCUT2D eigenvalue weighted by Gasteiger charge is -2.33. The number of halogens is 1. The molecule has 6 heteroatoms. The molecule has 4 nitrogen and oxygen atoms in total. The molecule has 0 aromatic rings. The summed E-state index contributed by atoms with van der Waals surface area (Å²) in [6.45, 7) is 2.87.